The number of carboxylic acid groups (broad SMARTS) is 1. The summed E-state index contributed by atoms with van der Waals surface area (Å²) < 4.78 is 7.60. The Kier molecular flexibility index (Phi) is 5.54. The zero-order chi connectivity index (χ0) is 26.4. The molecule has 0 aliphatic heterocycles. The second-order valence-electron chi connectivity index (χ2n) is 9.36. The first-order valence-corrected chi connectivity index (χ1v) is 12.3. The van der Waals surface area contributed by atoms with E-state index in [0.717, 1.165) is 49.8 Å². The number of fused-ring (bicyclic) bond motifs is 3. The van der Waals surface area contributed by atoms with Crippen LogP contribution in [-0.2, 0) is 0 Å². The molecular weight excluding hydrogens is 474 g/mol. The number of hydrogen-bond donors (Lipinski definition) is 1. The van der Waals surface area contributed by atoms with Gasteiger partial charge >= 0.3 is 5.97 Å². The van der Waals surface area contributed by atoms with Gasteiger partial charge < -0.3 is 14.2 Å². The van der Waals surface area contributed by atoms with Crippen molar-refractivity contribution in [1.29, 1.82) is 5.26 Å². The highest BCUT2D eigenvalue weighted by Gasteiger charge is 2.25. The molecule has 0 radical (unpaired) electrons. The lowest BCUT2D eigenvalue weighted by Gasteiger charge is -2.23. The van der Waals surface area contributed by atoms with Gasteiger partial charge in [0.05, 0.1) is 40.0 Å². The van der Waals surface area contributed by atoms with Gasteiger partial charge in [-0.1, -0.05) is 71.9 Å². The summed E-state index contributed by atoms with van der Waals surface area (Å²) in [4.78, 5) is 12.0. The molecule has 2 heterocycles. The van der Waals surface area contributed by atoms with Crippen molar-refractivity contribution in [3.8, 4) is 17.2 Å². The Morgan fingerprint density at radius 3 is 2.13 bits per heavy atom. The van der Waals surface area contributed by atoms with Crippen LogP contribution in [0.1, 0.15) is 44.5 Å². The van der Waals surface area contributed by atoms with Gasteiger partial charge in [-0.25, -0.2) is 4.79 Å². The molecule has 2 aromatic heterocycles. The fourth-order valence-electron chi connectivity index (χ4n) is 5.47. The van der Waals surface area contributed by atoms with Gasteiger partial charge in [0.15, 0.2) is 0 Å². The van der Waals surface area contributed by atoms with Crippen molar-refractivity contribution in [2.45, 2.75) is 19.9 Å². The molecule has 1 N–H and O–H groups in total. The first-order chi connectivity index (χ1) is 18.5. The van der Waals surface area contributed by atoms with Crippen LogP contribution in [0, 0.1) is 25.2 Å². The normalized spacial score (nSPS) is 11.3. The number of carbonyl (C=O) groups is 1. The van der Waals surface area contributed by atoms with Crippen molar-refractivity contribution in [2.24, 2.45) is 0 Å². The Balaban J connectivity index is 1.81. The van der Waals surface area contributed by atoms with Gasteiger partial charge in [-0.05, 0) is 54.8 Å². The molecule has 6 aromatic rings. The smallest absolute Gasteiger partial charge is 0.335 e. The molecule has 6 nitrogen and oxygen atoms in total. The van der Waals surface area contributed by atoms with E-state index in [0.29, 0.717) is 11.3 Å². The molecular formula is C32H23N3O3. The topological polar surface area (TPSA) is 92.1 Å². The van der Waals surface area contributed by atoms with E-state index in [-0.39, 0.29) is 11.6 Å². The number of nitrogens with zero attached hydrogens (tertiary/aromatic N) is 3. The van der Waals surface area contributed by atoms with Crippen LogP contribution >= 0.6 is 0 Å². The van der Waals surface area contributed by atoms with Crippen LogP contribution in [0.2, 0.25) is 0 Å². The lowest BCUT2D eigenvalue weighted by Crippen LogP contribution is -2.12. The van der Waals surface area contributed by atoms with Crippen LogP contribution in [-0.4, -0.2) is 20.8 Å². The lowest BCUT2D eigenvalue weighted by molar-refractivity contribution is 0.0697. The summed E-state index contributed by atoms with van der Waals surface area (Å²) in [5.74, 6) is -0.333. The molecule has 6 heteroatoms. The van der Waals surface area contributed by atoms with Gasteiger partial charge in [-0.2, -0.15) is 5.26 Å². The van der Waals surface area contributed by atoms with Gasteiger partial charge in [-0.15, -0.1) is 0 Å². The standard InChI is InChI=1S/C32H23N3O3/c1-19-29(20(2)38-34-19)24-15-25(18-33)30-26-14-13-23(32(36)37)16-27(26)35(28(30)17-24)31(21-9-5-3-6-10-21)22-11-7-4-8-12-22/h3-17,31H,1-2H3,(H,36,37). The predicted molar refractivity (Wildman–Crippen MR) is 146 cm³/mol. The van der Waals surface area contributed by atoms with Gasteiger partial charge in [0.25, 0.3) is 0 Å². The molecule has 0 saturated heterocycles. The Bertz CT molecular complexity index is 1820. The van der Waals surface area contributed by atoms with Crippen LogP contribution in [0.15, 0.2) is 95.5 Å². The molecule has 0 bridgehead atoms. The summed E-state index contributed by atoms with van der Waals surface area (Å²) in [6, 6.07) is 31.4. The SMILES string of the molecule is Cc1noc(C)c1-c1cc(C#N)c2c3ccc(C(=O)O)cc3n(C(c3ccccc3)c3ccccc3)c2c1. The largest absolute Gasteiger partial charge is 0.478 e. The van der Waals surface area contributed by atoms with Crippen LogP contribution in [0.25, 0.3) is 32.9 Å². The highest BCUT2D eigenvalue weighted by molar-refractivity contribution is 6.13. The molecule has 0 saturated carbocycles. The maximum absolute atomic E-state index is 12.0. The first-order valence-electron chi connectivity index (χ1n) is 12.3. The van der Waals surface area contributed by atoms with Crippen molar-refractivity contribution in [3.63, 3.8) is 0 Å². The summed E-state index contributed by atoms with van der Waals surface area (Å²) in [5.41, 5.74) is 6.76. The third kappa shape index (κ3) is 3.64. The van der Waals surface area contributed by atoms with Crippen molar-refractivity contribution in [3.05, 3.63) is 125 Å². The van der Waals surface area contributed by atoms with Crippen molar-refractivity contribution < 1.29 is 14.4 Å². The maximum Gasteiger partial charge on any atom is 0.335 e. The quantitative estimate of drug-likeness (QED) is 0.270. The van der Waals surface area contributed by atoms with Gasteiger partial charge in [-0.3, -0.25) is 0 Å². The van der Waals surface area contributed by atoms with Crippen LogP contribution in [0.4, 0.5) is 0 Å². The molecule has 0 aliphatic carbocycles. The monoisotopic (exact) mass is 497 g/mol. The fraction of sp³-hybridized carbons (Fsp3) is 0.0938. The van der Waals surface area contributed by atoms with E-state index in [4.69, 9.17) is 4.52 Å². The maximum atomic E-state index is 12.0. The summed E-state index contributed by atoms with van der Waals surface area (Å²) in [5, 5.41) is 25.9. The van der Waals surface area contributed by atoms with E-state index in [1.165, 1.54) is 0 Å². The minimum atomic E-state index is -1.00. The molecule has 0 aliphatic rings. The molecule has 0 atom stereocenters. The highest BCUT2D eigenvalue weighted by atomic mass is 16.5. The molecule has 4 aromatic carbocycles. The van der Waals surface area contributed by atoms with E-state index < -0.39 is 5.97 Å². The number of hydrogen-bond acceptors (Lipinski definition) is 4. The third-order valence-electron chi connectivity index (χ3n) is 7.08. The minimum Gasteiger partial charge on any atom is -0.478 e. The molecule has 184 valence electrons. The Hall–Kier alpha value is -5.15. The minimum absolute atomic E-state index is 0.186. The number of aryl methyl sites for hydroxylation is 2. The number of rotatable bonds is 5. The summed E-state index contributed by atoms with van der Waals surface area (Å²) in [6.45, 7) is 3.74. The average Bonchev–Trinajstić information content (AvgIpc) is 3.45. The first kappa shape index (κ1) is 23.3. The van der Waals surface area contributed by atoms with Crippen molar-refractivity contribution in [1.82, 2.24) is 9.72 Å². The summed E-state index contributed by atoms with van der Waals surface area (Å²) in [7, 11) is 0. The van der Waals surface area contributed by atoms with E-state index in [2.05, 4.69) is 46.1 Å². The number of aromatic carboxylic acids is 1. The number of nitriles is 1. The van der Waals surface area contributed by atoms with Crippen molar-refractivity contribution in [2.75, 3.05) is 0 Å². The number of carboxylic acids is 1. The molecule has 0 unspecified atom stereocenters. The molecule has 6 rings (SSSR count). The zero-order valence-electron chi connectivity index (χ0n) is 20.8. The van der Waals surface area contributed by atoms with E-state index >= 15 is 0 Å². The molecule has 0 amide bonds. The third-order valence-corrected chi connectivity index (χ3v) is 7.08. The highest BCUT2D eigenvalue weighted by Crippen LogP contribution is 2.41. The molecule has 38 heavy (non-hydrogen) atoms. The Labute approximate surface area is 219 Å². The fourth-order valence-corrected chi connectivity index (χ4v) is 5.47. The van der Waals surface area contributed by atoms with E-state index in [1.54, 1.807) is 18.2 Å². The molecule has 0 spiro atoms. The Morgan fingerprint density at radius 1 is 0.921 bits per heavy atom. The lowest BCUT2D eigenvalue weighted by atomic mass is 9.96. The summed E-state index contributed by atoms with van der Waals surface area (Å²) in [6.07, 6.45) is 0. The zero-order valence-corrected chi connectivity index (χ0v) is 20.8. The van der Waals surface area contributed by atoms with Gasteiger partial charge in [0.2, 0.25) is 0 Å². The van der Waals surface area contributed by atoms with E-state index in [9.17, 15) is 15.2 Å². The van der Waals surface area contributed by atoms with Crippen LogP contribution in [0.5, 0.6) is 0 Å². The van der Waals surface area contributed by atoms with Gasteiger partial charge in [0, 0.05) is 16.3 Å². The van der Waals surface area contributed by atoms with Crippen LogP contribution < -0.4 is 0 Å². The van der Waals surface area contributed by atoms with Crippen LogP contribution in [0.3, 0.4) is 0 Å². The summed E-state index contributed by atoms with van der Waals surface area (Å²) >= 11 is 0. The average molecular weight is 498 g/mol. The second kappa shape index (κ2) is 9.06. The Morgan fingerprint density at radius 2 is 1.58 bits per heavy atom. The second-order valence-corrected chi connectivity index (χ2v) is 9.36. The van der Waals surface area contributed by atoms with E-state index in [1.807, 2.05) is 56.3 Å². The molecule has 0 fully saturated rings. The van der Waals surface area contributed by atoms with Gasteiger partial charge in [0.1, 0.15) is 5.76 Å². The number of benzene rings is 4. The predicted octanol–water partition coefficient (Wildman–Crippen LogP) is 7.27. The number of aromatic nitrogens is 2. The van der Waals surface area contributed by atoms with Crippen molar-refractivity contribution >= 4 is 27.8 Å².